The molecule has 1 aromatic heterocycles. The number of sulfonamides is 2. The predicted octanol–water partition coefficient (Wildman–Crippen LogP) is 1.91. The van der Waals surface area contributed by atoms with Crippen LogP contribution in [0, 0.1) is 19.8 Å². The molecule has 0 amide bonds. The average molecular weight is 731 g/mol. The van der Waals surface area contributed by atoms with Crippen LogP contribution in [0.15, 0.2) is 64.4 Å². The van der Waals surface area contributed by atoms with Gasteiger partial charge in [0.05, 0.1) is 31.6 Å². The molecular formula is C28H36N5O12S3+. The number of carbonyl (C=O) groups is 2. The highest BCUT2D eigenvalue weighted by Crippen LogP contribution is 2.21. The summed E-state index contributed by atoms with van der Waals surface area (Å²) in [7, 11) is -11.1. The Bertz CT molecular complexity index is 1990. The molecule has 3 rings (SSSR count). The van der Waals surface area contributed by atoms with Gasteiger partial charge in [-0.3, -0.25) is 4.55 Å². The summed E-state index contributed by atoms with van der Waals surface area (Å²) >= 11 is 0. The lowest BCUT2D eigenvalue weighted by Crippen LogP contribution is -2.46. The number of hydrogen-bond acceptors (Lipinski definition) is 13. The van der Waals surface area contributed by atoms with Crippen molar-refractivity contribution in [1.82, 2.24) is 14.7 Å². The van der Waals surface area contributed by atoms with Gasteiger partial charge in [-0.15, -0.1) is 0 Å². The number of methoxy groups -OCH3 is 2. The molecule has 3 N–H and O–H groups in total. The molecular weight excluding hydrogens is 695 g/mol. The minimum atomic E-state index is -4.87. The molecule has 0 spiro atoms. The number of aryl methyl sites for hydroxylation is 2. The van der Waals surface area contributed by atoms with Gasteiger partial charge >= 0.3 is 37.9 Å². The number of aromatic nitrogens is 2. The summed E-state index contributed by atoms with van der Waals surface area (Å²) in [6.45, 7) is 6.59. The Balaban J connectivity index is 0.00000149. The van der Waals surface area contributed by atoms with Crippen molar-refractivity contribution in [2.24, 2.45) is 5.92 Å². The van der Waals surface area contributed by atoms with Crippen LogP contribution in [0.25, 0.3) is 0 Å². The highest BCUT2D eigenvalue weighted by Gasteiger charge is 2.38. The first kappa shape index (κ1) is 39.5. The van der Waals surface area contributed by atoms with Crippen LogP contribution in [0.3, 0.4) is 0 Å². The predicted molar refractivity (Wildman–Crippen MR) is 172 cm³/mol. The molecule has 20 heteroatoms. The van der Waals surface area contributed by atoms with Crippen LogP contribution in [-0.4, -0.2) is 88.9 Å². The fraction of sp³-hybridized carbons (Fsp3) is 0.321. The van der Waals surface area contributed by atoms with Crippen molar-refractivity contribution in [2.75, 3.05) is 32.4 Å². The second-order valence-corrected chi connectivity index (χ2v) is 15.0. The lowest BCUT2D eigenvalue weighted by Gasteiger charge is -2.17. The smallest absolute Gasteiger partial charge is 0.421 e. The van der Waals surface area contributed by atoms with E-state index in [9.17, 15) is 34.8 Å². The minimum Gasteiger partial charge on any atom is -0.465 e. The lowest BCUT2D eigenvalue weighted by atomic mass is 10.2. The Morgan fingerprint density at radius 3 is 1.73 bits per heavy atom. The van der Waals surface area contributed by atoms with Gasteiger partial charge in [0.1, 0.15) is 16.4 Å². The van der Waals surface area contributed by atoms with E-state index in [4.69, 9.17) is 18.9 Å². The number of hydrogen-bond donors (Lipinski definition) is 3. The van der Waals surface area contributed by atoms with Crippen LogP contribution in [0.1, 0.15) is 46.0 Å². The van der Waals surface area contributed by atoms with E-state index < -0.39 is 57.9 Å². The third kappa shape index (κ3) is 11.2. The van der Waals surface area contributed by atoms with Crippen LogP contribution in [0.4, 0.5) is 5.95 Å². The molecule has 3 aromatic rings. The quantitative estimate of drug-likeness (QED) is 0.0674. The van der Waals surface area contributed by atoms with E-state index in [1.165, 1.54) is 36.4 Å². The first-order valence-corrected chi connectivity index (χ1v) is 18.4. The number of rotatable bonds is 10. The zero-order chi connectivity index (χ0) is 36.4. The van der Waals surface area contributed by atoms with Crippen LogP contribution >= 0.6 is 0 Å². The topological polar surface area (TPSA) is 237 Å². The molecule has 1 heterocycles. The molecule has 48 heavy (non-hydrogen) atoms. The summed E-state index contributed by atoms with van der Waals surface area (Å²) < 4.78 is 93.7. The molecule has 17 nitrogen and oxygen atoms in total. The van der Waals surface area contributed by atoms with E-state index in [1.54, 1.807) is 33.8 Å². The Morgan fingerprint density at radius 2 is 1.27 bits per heavy atom. The van der Waals surface area contributed by atoms with Crippen LogP contribution in [0.5, 0.6) is 0 Å². The van der Waals surface area contributed by atoms with Crippen molar-refractivity contribution in [2.45, 2.75) is 37.5 Å². The van der Waals surface area contributed by atoms with E-state index in [2.05, 4.69) is 20.0 Å². The molecule has 0 aliphatic carbocycles. The summed E-state index contributed by atoms with van der Waals surface area (Å²) in [5.74, 6) is -3.08. The van der Waals surface area contributed by atoms with E-state index >= 15 is 0 Å². The monoisotopic (exact) mass is 730 g/mol. The van der Waals surface area contributed by atoms with Gasteiger partial charge in [-0.2, -0.15) is 30.0 Å². The number of benzene rings is 2. The number of esters is 2. The normalized spacial score (nSPS) is 12.2. The van der Waals surface area contributed by atoms with Crippen molar-refractivity contribution in [3.8, 4) is 0 Å². The van der Waals surface area contributed by atoms with E-state index in [-0.39, 0.29) is 29.6 Å². The summed E-state index contributed by atoms with van der Waals surface area (Å²) in [6.07, 6.45) is 0.715. The molecule has 0 aliphatic heterocycles. The second kappa shape index (κ2) is 16.4. The number of anilines is 1. The molecule has 0 aliphatic rings. The van der Waals surface area contributed by atoms with Crippen molar-refractivity contribution in [1.29, 1.82) is 0 Å². The highest BCUT2D eigenvalue weighted by molar-refractivity contribution is 7.90. The van der Waals surface area contributed by atoms with E-state index in [0.717, 1.165) is 26.4 Å². The SMILES string of the molecule is COC(=O)c1ccccc1S(=O)(=O)NC(Nc1nc(C)cc(C)n1)=[N+](OCC(C)C)S(=O)(=O)c1ccccc1C(=O)OC.CS(=O)(=O)O. The summed E-state index contributed by atoms with van der Waals surface area (Å²) in [6, 6.07) is 12.0. The zero-order valence-corrected chi connectivity index (χ0v) is 29.4. The highest BCUT2D eigenvalue weighted by atomic mass is 32.2. The Hall–Kier alpha value is -4.66. The third-order valence-corrected chi connectivity index (χ3v) is 8.56. The second-order valence-electron chi connectivity index (χ2n) is 10.2. The van der Waals surface area contributed by atoms with Gasteiger partial charge in [-0.05, 0) is 50.1 Å². The Morgan fingerprint density at radius 1 is 0.833 bits per heavy atom. The van der Waals surface area contributed by atoms with Gasteiger partial charge in [-0.25, -0.2) is 24.9 Å². The van der Waals surface area contributed by atoms with Gasteiger partial charge in [0.15, 0.2) is 0 Å². The van der Waals surface area contributed by atoms with Gasteiger partial charge in [-0.1, -0.05) is 38.1 Å². The van der Waals surface area contributed by atoms with Crippen molar-refractivity contribution < 1.29 is 57.9 Å². The van der Waals surface area contributed by atoms with E-state index in [0.29, 0.717) is 21.8 Å². The fourth-order valence-corrected chi connectivity index (χ4v) is 6.33. The summed E-state index contributed by atoms with van der Waals surface area (Å²) in [5.41, 5.74) is 0.334. The van der Waals surface area contributed by atoms with Crippen molar-refractivity contribution >= 4 is 54.0 Å². The summed E-state index contributed by atoms with van der Waals surface area (Å²) in [5, 5.41) is 2.61. The lowest BCUT2D eigenvalue weighted by molar-refractivity contribution is -0.678. The first-order valence-electron chi connectivity index (χ1n) is 13.7. The molecule has 262 valence electrons. The molecule has 0 unspecified atom stereocenters. The van der Waals surface area contributed by atoms with Crippen molar-refractivity contribution in [3.05, 3.63) is 77.1 Å². The molecule has 0 atom stereocenters. The number of nitrogens with one attached hydrogen (secondary N) is 2. The van der Waals surface area contributed by atoms with Crippen LogP contribution in [-0.2, 0) is 44.5 Å². The fourth-order valence-electron chi connectivity index (χ4n) is 3.69. The summed E-state index contributed by atoms with van der Waals surface area (Å²) in [4.78, 5) is 38.0. The Labute approximate surface area is 278 Å². The van der Waals surface area contributed by atoms with Gasteiger partial charge in [0.2, 0.25) is 0 Å². The van der Waals surface area contributed by atoms with Crippen LogP contribution < -0.4 is 10.0 Å². The standard InChI is InChI=1S/C27H31N5O9S2.CH4O3S/c1-17(2)16-41-32(43(37,38)23-14-10-8-12-21(23)25(34)40-6)27(30-26-28-18(3)15-19(4)29-26)31-42(35,36)22-13-9-7-11-20(22)24(33)39-5;1-5(2,3)4/h7-15,17H,16H2,1-6H3,(H,28,29,30,31);1H3,(H,2,3,4)/p+1. The maximum absolute atomic E-state index is 14.2. The van der Waals surface area contributed by atoms with Gasteiger partial charge in [0.25, 0.3) is 16.1 Å². The molecule has 0 saturated carbocycles. The molecule has 0 fully saturated rings. The van der Waals surface area contributed by atoms with Gasteiger partial charge in [0, 0.05) is 15.5 Å². The largest absolute Gasteiger partial charge is 0.465 e. The molecule has 0 radical (unpaired) electrons. The Kier molecular flexibility index (Phi) is 13.5. The number of ether oxygens (including phenoxy) is 2. The molecule has 0 bridgehead atoms. The molecule has 0 saturated heterocycles. The number of nitrogens with zero attached hydrogens (tertiary/aromatic N) is 3. The maximum atomic E-state index is 14.2. The van der Waals surface area contributed by atoms with Crippen molar-refractivity contribution in [3.63, 3.8) is 0 Å². The van der Waals surface area contributed by atoms with E-state index in [1.807, 2.05) is 0 Å². The first-order chi connectivity index (χ1) is 22.2. The zero-order valence-electron chi connectivity index (χ0n) is 27.0. The number of carbonyl (C=O) groups excluding carboxylic acids is 2. The van der Waals surface area contributed by atoms with Gasteiger partial charge < -0.3 is 14.3 Å². The average Bonchev–Trinajstić information content (AvgIpc) is 2.98. The minimum absolute atomic E-state index is 0.175. The third-order valence-electron chi connectivity index (χ3n) is 5.52. The number of guanidine groups is 1. The molecule has 2 aromatic carbocycles. The maximum Gasteiger partial charge on any atom is 0.421 e. The van der Waals surface area contributed by atoms with Crippen LogP contribution in [0.2, 0.25) is 0 Å².